The van der Waals surface area contributed by atoms with Gasteiger partial charge in [-0.3, -0.25) is 0 Å². The molecule has 1 atom stereocenters. The molecule has 0 spiro atoms. The van der Waals surface area contributed by atoms with Crippen LogP contribution >= 0.6 is 15.9 Å². The van der Waals surface area contributed by atoms with E-state index in [1.54, 1.807) is 6.07 Å². The van der Waals surface area contributed by atoms with E-state index in [1.807, 2.05) is 13.1 Å². The van der Waals surface area contributed by atoms with Gasteiger partial charge in [-0.2, -0.15) is 0 Å². The van der Waals surface area contributed by atoms with Crippen molar-refractivity contribution in [2.45, 2.75) is 32.2 Å². The molecule has 1 fully saturated rings. The van der Waals surface area contributed by atoms with Gasteiger partial charge in [0, 0.05) is 6.04 Å². The highest BCUT2D eigenvalue weighted by Gasteiger charge is 2.46. The molecule has 0 aliphatic heterocycles. The normalized spacial score (nSPS) is 19.5. The smallest absolute Gasteiger partial charge is 0.137 e. The van der Waals surface area contributed by atoms with E-state index in [9.17, 15) is 4.39 Å². The first-order valence-corrected chi connectivity index (χ1v) is 6.48. The van der Waals surface area contributed by atoms with Gasteiger partial charge in [-0.15, -0.1) is 0 Å². The van der Waals surface area contributed by atoms with Crippen molar-refractivity contribution >= 4 is 15.9 Å². The molecule has 0 heterocycles. The van der Waals surface area contributed by atoms with Crippen LogP contribution in [0.3, 0.4) is 0 Å². The van der Waals surface area contributed by atoms with E-state index >= 15 is 0 Å². The maximum absolute atomic E-state index is 13.4. The lowest BCUT2D eigenvalue weighted by molar-refractivity contribution is 0.368. The van der Waals surface area contributed by atoms with Crippen LogP contribution in [0.15, 0.2) is 22.7 Å². The molecule has 1 aliphatic carbocycles. The van der Waals surface area contributed by atoms with Crippen molar-refractivity contribution in [3.63, 3.8) is 0 Å². The molecule has 1 aromatic rings. The fraction of sp³-hybridized carbons (Fsp3) is 0.538. The molecule has 3 heteroatoms. The molecular weight excluding hydrogens is 269 g/mol. The largest absolute Gasteiger partial charge is 0.317 e. The van der Waals surface area contributed by atoms with Gasteiger partial charge in [-0.1, -0.05) is 12.1 Å². The van der Waals surface area contributed by atoms with Gasteiger partial charge in [0.05, 0.1) is 4.47 Å². The van der Waals surface area contributed by atoms with E-state index in [2.05, 4.69) is 28.2 Å². The van der Waals surface area contributed by atoms with Gasteiger partial charge in [0.1, 0.15) is 5.82 Å². The number of benzene rings is 1. The molecule has 0 saturated heterocycles. The van der Waals surface area contributed by atoms with Crippen molar-refractivity contribution in [3.05, 3.63) is 34.1 Å². The van der Waals surface area contributed by atoms with Crippen molar-refractivity contribution in [3.8, 4) is 0 Å². The Kier molecular flexibility index (Phi) is 3.36. The van der Waals surface area contributed by atoms with E-state index in [0.717, 1.165) is 12.0 Å². The average Bonchev–Trinajstić information content (AvgIpc) is 3.05. The molecule has 1 N–H and O–H groups in total. The highest BCUT2D eigenvalue weighted by Crippen LogP contribution is 2.51. The van der Waals surface area contributed by atoms with Crippen LogP contribution in [0.25, 0.3) is 0 Å². The summed E-state index contributed by atoms with van der Waals surface area (Å²) in [6.07, 6.45) is 3.42. The first-order valence-electron chi connectivity index (χ1n) is 5.69. The Labute approximate surface area is 105 Å². The summed E-state index contributed by atoms with van der Waals surface area (Å²) >= 11 is 3.34. The summed E-state index contributed by atoms with van der Waals surface area (Å²) in [6.45, 7) is 2.21. The maximum atomic E-state index is 13.4. The molecule has 1 unspecified atom stereocenters. The Morgan fingerprint density at radius 3 is 2.75 bits per heavy atom. The van der Waals surface area contributed by atoms with Crippen LogP contribution in [0.4, 0.5) is 4.39 Å². The summed E-state index contributed by atoms with van der Waals surface area (Å²) < 4.78 is 14.0. The number of hydrogen-bond donors (Lipinski definition) is 1. The summed E-state index contributed by atoms with van der Waals surface area (Å²) in [5.74, 6) is -0.162. The van der Waals surface area contributed by atoms with Gasteiger partial charge in [-0.25, -0.2) is 4.39 Å². The third-order valence-corrected chi connectivity index (χ3v) is 4.71. The summed E-state index contributed by atoms with van der Waals surface area (Å²) in [5, 5.41) is 3.31. The summed E-state index contributed by atoms with van der Waals surface area (Å²) in [7, 11) is 1.99. The minimum atomic E-state index is -0.162. The summed E-state index contributed by atoms with van der Waals surface area (Å²) in [6, 6.07) is 5.78. The fourth-order valence-electron chi connectivity index (χ4n) is 2.29. The number of nitrogens with one attached hydrogen (secondary N) is 1. The van der Waals surface area contributed by atoms with Gasteiger partial charge in [0.2, 0.25) is 0 Å². The lowest BCUT2D eigenvalue weighted by atomic mass is 9.90. The van der Waals surface area contributed by atoms with E-state index in [4.69, 9.17) is 0 Å². The first-order chi connectivity index (χ1) is 7.59. The molecule has 0 bridgehead atoms. The monoisotopic (exact) mass is 285 g/mol. The molecule has 0 radical (unpaired) electrons. The molecular formula is C13H17BrFN. The zero-order valence-corrected chi connectivity index (χ0v) is 11.3. The van der Waals surface area contributed by atoms with E-state index in [-0.39, 0.29) is 5.82 Å². The predicted molar refractivity (Wildman–Crippen MR) is 68.0 cm³/mol. The van der Waals surface area contributed by atoms with Crippen molar-refractivity contribution < 1.29 is 4.39 Å². The zero-order valence-electron chi connectivity index (χ0n) is 9.69. The quantitative estimate of drug-likeness (QED) is 0.893. The van der Waals surface area contributed by atoms with Gasteiger partial charge < -0.3 is 5.32 Å². The Balaban J connectivity index is 2.18. The molecule has 0 aromatic heterocycles. The summed E-state index contributed by atoms with van der Waals surface area (Å²) in [5.41, 5.74) is 1.42. The topological polar surface area (TPSA) is 12.0 Å². The van der Waals surface area contributed by atoms with E-state index < -0.39 is 0 Å². The Bertz CT molecular complexity index is 388. The number of rotatable bonds is 4. The molecule has 1 aromatic carbocycles. The second-order valence-corrected chi connectivity index (χ2v) is 5.56. The van der Waals surface area contributed by atoms with Gasteiger partial charge in [-0.05, 0) is 66.2 Å². The van der Waals surface area contributed by atoms with Crippen LogP contribution in [0, 0.1) is 11.2 Å². The Morgan fingerprint density at radius 2 is 2.19 bits per heavy atom. The van der Waals surface area contributed by atoms with E-state index in [0.29, 0.717) is 15.9 Å². The Morgan fingerprint density at radius 1 is 1.50 bits per heavy atom. The lowest BCUT2D eigenvalue weighted by Crippen LogP contribution is -2.33. The molecule has 1 aliphatic rings. The van der Waals surface area contributed by atoms with Crippen LogP contribution in [-0.2, 0) is 6.42 Å². The van der Waals surface area contributed by atoms with E-state index in [1.165, 1.54) is 18.9 Å². The maximum Gasteiger partial charge on any atom is 0.137 e. The van der Waals surface area contributed by atoms with Crippen LogP contribution < -0.4 is 5.32 Å². The van der Waals surface area contributed by atoms with Gasteiger partial charge in [0.25, 0.3) is 0 Å². The molecule has 2 rings (SSSR count). The third kappa shape index (κ3) is 2.16. The second kappa shape index (κ2) is 4.46. The van der Waals surface area contributed by atoms with Crippen molar-refractivity contribution in [2.75, 3.05) is 7.05 Å². The minimum Gasteiger partial charge on any atom is -0.317 e. The predicted octanol–water partition coefficient (Wildman–Crippen LogP) is 3.52. The van der Waals surface area contributed by atoms with Crippen molar-refractivity contribution in [2.24, 2.45) is 5.41 Å². The number of halogens is 2. The Hall–Kier alpha value is -0.410. The second-order valence-electron chi connectivity index (χ2n) is 4.76. The van der Waals surface area contributed by atoms with Crippen LogP contribution in [-0.4, -0.2) is 13.1 Å². The molecule has 88 valence electrons. The van der Waals surface area contributed by atoms with Crippen LogP contribution in [0.5, 0.6) is 0 Å². The fourth-order valence-corrected chi connectivity index (χ4v) is 2.70. The summed E-state index contributed by atoms with van der Waals surface area (Å²) in [4.78, 5) is 0. The lowest BCUT2D eigenvalue weighted by Gasteiger charge is -2.23. The van der Waals surface area contributed by atoms with Crippen molar-refractivity contribution in [1.82, 2.24) is 5.32 Å². The highest BCUT2D eigenvalue weighted by atomic mass is 79.9. The van der Waals surface area contributed by atoms with Crippen LogP contribution in [0.2, 0.25) is 0 Å². The molecule has 0 amide bonds. The molecule has 1 saturated carbocycles. The average molecular weight is 286 g/mol. The van der Waals surface area contributed by atoms with Crippen molar-refractivity contribution in [1.29, 1.82) is 0 Å². The van der Waals surface area contributed by atoms with Crippen LogP contribution in [0.1, 0.15) is 25.3 Å². The van der Waals surface area contributed by atoms with Gasteiger partial charge >= 0.3 is 0 Å². The third-order valence-electron chi connectivity index (χ3n) is 3.82. The molecule has 1 nitrogen and oxygen atoms in total. The highest BCUT2D eigenvalue weighted by molar-refractivity contribution is 9.10. The first kappa shape index (κ1) is 12.1. The number of hydrogen-bond acceptors (Lipinski definition) is 1. The standard InChI is InChI=1S/C13H17BrFN/c1-9(16-2)13(6-7-13)8-10-4-3-5-11(15)12(10)14/h3-5,9,16H,6-8H2,1-2H3. The minimum absolute atomic E-state index is 0.162. The van der Waals surface area contributed by atoms with Gasteiger partial charge in [0.15, 0.2) is 0 Å². The zero-order chi connectivity index (χ0) is 11.8. The SMILES string of the molecule is CNC(C)C1(Cc2cccc(F)c2Br)CC1. The molecule has 16 heavy (non-hydrogen) atoms.